The SMILES string of the molecule is Cc1ccccc1-c1nnc2c3cc(Sc4ccc5c6ccccc6n(-c6ccccn6)c5c4)c(C)nc3c3ccccc3n12. The van der Waals surface area contributed by atoms with Crippen LogP contribution in [0, 0.1) is 13.8 Å². The lowest BCUT2D eigenvalue weighted by Crippen LogP contribution is -1.98. The molecule has 0 amide bonds. The van der Waals surface area contributed by atoms with E-state index in [1.807, 2.05) is 18.3 Å². The van der Waals surface area contributed by atoms with Crippen LogP contribution in [-0.4, -0.2) is 29.1 Å². The zero-order valence-corrected chi connectivity index (χ0v) is 25.5. The second-order valence-electron chi connectivity index (χ2n) is 11.3. The van der Waals surface area contributed by atoms with Crippen molar-refractivity contribution < 1.29 is 0 Å². The summed E-state index contributed by atoms with van der Waals surface area (Å²) in [6.45, 7) is 4.20. The maximum absolute atomic E-state index is 5.19. The van der Waals surface area contributed by atoms with Crippen molar-refractivity contribution in [3.05, 3.63) is 133 Å². The summed E-state index contributed by atoms with van der Waals surface area (Å²) in [5, 5.41) is 14.0. The highest BCUT2D eigenvalue weighted by molar-refractivity contribution is 7.99. The average Bonchev–Trinajstić information content (AvgIpc) is 3.66. The summed E-state index contributed by atoms with van der Waals surface area (Å²) in [6.07, 6.45) is 1.85. The molecular weight excluding hydrogens is 573 g/mol. The normalized spacial score (nSPS) is 11.9. The van der Waals surface area contributed by atoms with Gasteiger partial charge in [-0.15, -0.1) is 10.2 Å². The fourth-order valence-electron chi connectivity index (χ4n) is 6.49. The van der Waals surface area contributed by atoms with Gasteiger partial charge in [-0.05, 0) is 61.9 Å². The fraction of sp³-hybridized carbons (Fsp3) is 0.0526. The molecule has 0 aliphatic rings. The molecule has 0 N–H and O–H groups in total. The van der Waals surface area contributed by atoms with Crippen molar-refractivity contribution in [3.63, 3.8) is 0 Å². The number of pyridine rings is 3. The Labute approximate surface area is 263 Å². The van der Waals surface area contributed by atoms with E-state index >= 15 is 0 Å². The lowest BCUT2D eigenvalue weighted by molar-refractivity contribution is 1.08. The molecular formula is C38H26N6S. The van der Waals surface area contributed by atoms with E-state index in [1.165, 1.54) is 10.8 Å². The second-order valence-corrected chi connectivity index (χ2v) is 12.4. The third-order valence-corrected chi connectivity index (χ3v) is 9.73. The van der Waals surface area contributed by atoms with Crippen LogP contribution in [-0.2, 0) is 0 Å². The number of hydrogen-bond acceptors (Lipinski definition) is 5. The molecule has 9 aromatic rings. The van der Waals surface area contributed by atoms with Crippen LogP contribution in [0.5, 0.6) is 0 Å². The van der Waals surface area contributed by atoms with E-state index in [1.54, 1.807) is 11.8 Å². The molecule has 0 aliphatic heterocycles. The van der Waals surface area contributed by atoms with Gasteiger partial charge in [0.05, 0.1) is 27.8 Å². The molecule has 9 rings (SSSR count). The second kappa shape index (κ2) is 10.0. The minimum absolute atomic E-state index is 0.807. The maximum Gasteiger partial charge on any atom is 0.171 e. The number of rotatable bonds is 4. The monoisotopic (exact) mass is 598 g/mol. The number of fused-ring (bicyclic) bond motifs is 9. The van der Waals surface area contributed by atoms with Crippen molar-refractivity contribution in [2.45, 2.75) is 23.6 Å². The molecule has 0 radical (unpaired) electrons. The maximum atomic E-state index is 5.19. The molecule has 5 aromatic heterocycles. The molecule has 6 nitrogen and oxygen atoms in total. The molecule has 4 aromatic carbocycles. The molecule has 0 saturated carbocycles. The van der Waals surface area contributed by atoms with Crippen LogP contribution in [0.15, 0.2) is 131 Å². The molecule has 45 heavy (non-hydrogen) atoms. The molecule has 0 atom stereocenters. The van der Waals surface area contributed by atoms with Gasteiger partial charge in [0.25, 0.3) is 0 Å². The molecule has 0 saturated heterocycles. The van der Waals surface area contributed by atoms with E-state index in [0.29, 0.717) is 0 Å². The predicted molar refractivity (Wildman–Crippen MR) is 183 cm³/mol. The van der Waals surface area contributed by atoms with E-state index in [4.69, 9.17) is 20.2 Å². The Balaban J connectivity index is 1.25. The summed E-state index contributed by atoms with van der Waals surface area (Å²) in [5.74, 6) is 1.74. The largest absolute Gasteiger partial charge is 0.294 e. The quantitative estimate of drug-likeness (QED) is 0.189. The molecule has 5 heterocycles. The van der Waals surface area contributed by atoms with Crippen LogP contribution < -0.4 is 0 Å². The van der Waals surface area contributed by atoms with Gasteiger partial charge in [-0.25, -0.2) is 4.98 Å². The van der Waals surface area contributed by atoms with Gasteiger partial charge in [-0.2, -0.15) is 0 Å². The number of benzene rings is 4. The van der Waals surface area contributed by atoms with Crippen LogP contribution in [0.3, 0.4) is 0 Å². The van der Waals surface area contributed by atoms with Crippen molar-refractivity contribution in [2.24, 2.45) is 0 Å². The molecule has 214 valence electrons. The summed E-state index contributed by atoms with van der Waals surface area (Å²) >= 11 is 1.72. The number of aryl methyl sites for hydroxylation is 2. The summed E-state index contributed by atoms with van der Waals surface area (Å²) in [7, 11) is 0. The first-order chi connectivity index (χ1) is 22.2. The van der Waals surface area contributed by atoms with Gasteiger partial charge in [0, 0.05) is 43.1 Å². The Morgan fingerprint density at radius 2 is 1.38 bits per heavy atom. The van der Waals surface area contributed by atoms with Gasteiger partial charge >= 0.3 is 0 Å². The minimum Gasteiger partial charge on any atom is -0.294 e. The van der Waals surface area contributed by atoms with Crippen LogP contribution in [0.2, 0.25) is 0 Å². The zero-order chi connectivity index (χ0) is 30.1. The third-order valence-electron chi connectivity index (χ3n) is 8.61. The summed E-state index contributed by atoms with van der Waals surface area (Å²) < 4.78 is 4.43. The van der Waals surface area contributed by atoms with E-state index in [2.05, 4.69) is 126 Å². The first-order valence-electron chi connectivity index (χ1n) is 14.9. The fourth-order valence-corrected chi connectivity index (χ4v) is 7.42. The average molecular weight is 599 g/mol. The molecule has 0 unspecified atom stereocenters. The van der Waals surface area contributed by atoms with E-state index in [9.17, 15) is 0 Å². The molecule has 0 aliphatic carbocycles. The van der Waals surface area contributed by atoms with Gasteiger partial charge < -0.3 is 0 Å². The summed E-state index contributed by atoms with van der Waals surface area (Å²) in [5.41, 5.74) is 8.27. The zero-order valence-electron chi connectivity index (χ0n) is 24.6. The minimum atomic E-state index is 0.807. The molecule has 0 spiro atoms. The number of aromatic nitrogens is 6. The van der Waals surface area contributed by atoms with Crippen molar-refractivity contribution in [3.8, 4) is 17.2 Å². The third kappa shape index (κ3) is 3.97. The van der Waals surface area contributed by atoms with Crippen LogP contribution in [0.4, 0.5) is 0 Å². The summed E-state index contributed by atoms with van der Waals surface area (Å²) in [4.78, 5) is 12.1. The van der Waals surface area contributed by atoms with Crippen molar-refractivity contribution in [1.82, 2.24) is 29.1 Å². The Morgan fingerprint density at radius 1 is 0.622 bits per heavy atom. The first-order valence-corrected chi connectivity index (χ1v) is 15.7. The predicted octanol–water partition coefficient (Wildman–Crippen LogP) is 9.36. The van der Waals surface area contributed by atoms with Gasteiger partial charge in [-0.1, -0.05) is 84.6 Å². The highest BCUT2D eigenvalue weighted by atomic mass is 32.2. The van der Waals surface area contributed by atoms with Crippen molar-refractivity contribution in [2.75, 3.05) is 0 Å². The van der Waals surface area contributed by atoms with Crippen LogP contribution in [0.25, 0.3) is 66.5 Å². The first kappa shape index (κ1) is 25.9. The van der Waals surface area contributed by atoms with Crippen LogP contribution >= 0.6 is 11.8 Å². The molecule has 0 bridgehead atoms. The van der Waals surface area contributed by atoms with Crippen molar-refractivity contribution in [1.29, 1.82) is 0 Å². The van der Waals surface area contributed by atoms with Crippen molar-refractivity contribution >= 4 is 61.0 Å². The Morgan fingerprint density at radius 3 is 2.22 bits per heavy atom. The standard InChI is InChI=1S/C38H26N6S/c1-23-11-3-4-12-26(23)37-41-42-38-30-22-34(24(2)40-36(30)29-14-6-8-16-32(29)44(37)38)45-25-18-19-28-27-13-5-7-15-31(27)43(33(28)21-25)35-17-9-10-20-39-35/h3-22H,1-2H3. The topological polar surface area (TPSA) is 60.9 Å². The van der Waals surface area contributed by atoms with Gasteiger partial charge in [0.2, 0.25) is 0 Å². The van der Waals surface area contributed by atoms with Gasteiger partial charge in [0.15, 0.2) is 11.5 Å². The van der Waals surface area contributed by atoms with E-state index in [-0.39, 0.29) is 0 Å². The van der Waals surface area contributed by atoms with Gasteiger partial charge in [-0.3, -0.25) is 14.0 Å². The lowest BCUT2D eigenvalue weighted by Gasteiger charge is -2.13. The van der Waals surface area contributed by atoms with Crippen LogP contribution in [0.1, 0.15) is 11.3 Å². The molecule has 7 heteroatoms. The highest BCUT2D eigenvalue weighted by Gasteiger charge is 2.20. The smallest absolute Gasteiger partial charge is 0.171 e. The Hall–Kier alpha value is -5.53. The summed E-state index contributed by atoms with van der Waals surface area (Å²) in [6, 6.07) is 40.2. The number of nitrogens with zero attached hydrogens (tertiary/aromatic N) is 6. The lowest BCUT2D eigenvalue weighted by atomic mass is 10.1. The molecule has 0 fully saturated rings. The number of para-hydroxylation sites is 2. The van der Waals surface area contributed by atoms with E-state index < -0.39 is 0 Å². The van der Waals surface area contributed by atoms with E-state index in [0.717, 1.165) is 76.7 Å². The Bertz CT molecular complexity index is 2600. The van der Waals surface area contributed by atoms with Gasteiger partial charge in [0.1, 0.15) is 5.82 Å². The number of hydrogen-bond donors (Lipinski definition) is 0. The Kier molecular flexibility index (Phi) is 5.76. The highest BCUT2D eigenvalue weighted by Crippen LogP contribution is 2.39.